The lowest BCUT2D eigenvalue weighted by Crippen LogP contribution is -2.26. The second-order valence-corrected chi connectivity index (χ2v) is 4.72. The largest absolute Gasteiger partial charge is 0.330 e. The standard InChI is InChI=1S/C12H15N3OS/c1-9(4-6-13)15-12(16)3-2-11(14-15)10-5-7-17-8-10/h2-3,5,7-9H,4,6,13H2,1H3/t9-/m0/s1. The SMILES string of the molecule is C[C@@H](CCN)n1nc(-c2ccsc2)ccc1=O. The van der Waals surface area contributed by atoms with Crippen LogP contribution in [0.3, 0.4) is 0 Å². The lowest BCUT2D eigenvalue weighted by molar-refractivity contribution is 0.445. The average molecular weight is 249 g/mol. The molecule has 90 valence electrons. The summed E-state index contributed by atoms with van der Waals surface area (Å²) in [6.45, 7) is 2.51. The van der Waals surface area contributed by atoms with E-state index in [0.29, 0.717) is 6.54 Å². The molecule has 0 saturated heterocycles. The van der Waals surface area contributed by atoms with Gasteiger partial charge in [0.15, 0.2) is 0 Å². The van der Waals surface area contributed by atoms with Crippen LogP contribution in [-0.2, 0) is 0 Å². The third kappa shape index (κ3) is 2.62. The van der Waals surface area contributed by atoms with E-state index in [1.165, 1.54) is 4.68 Å². The zero-order chi connectivity index (χ0) is 12.3. The number of rotatable bonds is 4. The molecule has 0 aromatic carbocycles. The van der Waals surface area contributed by atoms with Gasteiger partial charge in [-0.05, 0) is 37.4 Å². The van der Waals surface area contributed by atoms with Crippen LogP contribution >= 0.6 is 11.3 Å². The molecule has 17 heavy (non-hydrogen) atoms. The third-order valence-corrected chi connectivity index (χ3v) is 3.33. The summed E-state index contributed by atoms with van der Waals surface area (Å²) in [6, 6.07) is 5.35. The minimum Gasteiger partial charge on any atom is -0.330 e. The van der Waals surface area contributed by atoms with Gasteiger partial charge in [0.1, 0.15) is 0 Å². The zero-order valence-electron chi connectivity index (χ0n) is 9.67. The molecule has 2 rings (SSSR count). The van der Waals surface area contributed by atoms with E-state index in [9.17, 15) is 4.79 Å². The second kappa shape index (κ2) is 5.25. The first kappa shape index (κ1) is 12.0. The molecule has 2 N–H and O–H groups in total. The maximum absolute atomic E-state index is 11.7. The Morgan fingerprint density at radius 3 is 2.94 bits per heavy atom. The van der Waals surface area contributed by atoms with Gasteiger partial charge in [0.05, 0.1) is 11.7 Å². The average Bonchev–Trinajstić information content (AvgIpc) is 2.83. The molecule has 0 fully saturated rings. The van der Waals surface area contributed by atoms with Gasteiger partial charge in [0.2, 0.25) is 0 Å². The molecule has 0 bridgehead atoms. The van der Waals surface area contributed by atoms with Crippen LogP contribution in [0.1, 0.15) is 19.4 Å². The highest BCUT2D eigenvalue weighted by atomic mass is 32.1. The number of nitrogens with zero attached hydrogens (tertiary/aromatic N) is 2. The van der Waals surface area contributed by atoms with E-state index < -0.39 is 0 Å². The van der Waals surface area contributed by atoms with Gasteiger partial charge in [-0.15, -0.1) is 0 Å². The fourth-order valence-electron chi connectivity index (χ4n) is 1.67. The quantitative estimate of drug-likeness (QED) is 0.900. The molecule has 0 amide bonds. The maximum atomic E-state index is 11.7. The van der Waals surface area contributed by atoms with Gasteiger partial charge >= 0.3 is 0 Å². The van der Waals surface area contributed by atoms with Crippen LogP contribution in [0.25, 0.3) is 11.3 Å². The molecule has 0 aliphatic carbocycles. The first-order valence-electron chi connectivity index (χ1n) is 5.55. The first-order valence-corrected chi connectivity index (χ1v) is 6.49. The molecule has 0 aliphatic heterocycles. The molecule has 2 heterocycles. The molecule has 2 aromatic heterocycles. The fraction of sp³-hybridized carbons (Fsp3) is 0.333. The summed E-state index contributed by atoms with van der Waals surface area (Å²) >= 11 is 1.62. The Morgan fingerprint density at radius 2 is 2.29 bits per heavy atom. The van der Waals surface area contributed by atoms with Gasteiger partial charge in [0, 0.05) is 17.0 Å². The minimum absolute atomic E-state index is 0.0334. The van der Waals surface area contributed by atoms with E-state index in [2.05, 4.69) is 5.10 Å². The van der Waals surface area contributed by atoms with Gasteiger partial charge in [-0.3, -0.25) is 4.79 Å². The molecule has 2 aromatic rings. The summed E-state index contributed by atoms with van der Waals surface area (Å²) in [7, 11) is 0. The Labute approximate surface area is 104 Å². The summed E-state index contributed by atoms with van der Waals surface area (Å²) in [4.78, 5) is 11.7. The molecule has 0 radical (unpaired) electrons. The first-order chi connectivity index (χ1) is 8.22. The number of nitrogens with two attached hydrogens (primary N) is 1. The monoisotopic (exact) mass is 249 g/mol. The van der Waals surface area contributed by atoms with Crippen molar-refractivity contribution in [3.8, 4) is 11.3 Å². The molecule has 5 heteroatoms. The zero-order valence-corrected chi connectivity index (χ0v) is 10.5. The van der Waals surface area contributed by atoms with E-state index in [4.69, 9.17) is 5.73 Å². The predicted octanol–water partition coefficient (Wildman–Crippen LogP) is 1.88. The summed E-state index contributed by atoms with van der Waals surface area (Å²) in [5, 5.41) is 8.40. The Bertz CT molecular complexity index is 533. The van der Waals surface area contributed by atoms with E-state index in [1.807, 2.05) is 23.8 Å². The van der Waals surface area contributed by atoms with E-state index in [1.54, 1.807) is 23.5 Å². The number of aromatic nitrogens is 2. The molecular weight excluding hydrogens is 234 g/mol. The smallest absolute Gasteiger partial charge is 0.267 e. The van der Waals surface area contributed by atoms with Crippen LogP contribution in [0.5, 0.6) is 0 Å². The summed E-state index contributed by atoms with van der Waals surface area (Å²) in [5.74, 6) is 0. The van der Waals surface area contributed by atoms with Crippen molar-refractivity contribution in [1.29, 1.82) is 0 Å². The molecule has 0 unspecified atom stereocenters. The number of hydrogen-bond acceptors (Lipinski definition) is 4. The van der Waals surface area contributed by atoms with Crippen molar-refractivity contribution in [2.24, 2.45) is 5.73 Å². The maximum Gasteiger partial charge on any atom is 0.267 e. The highest BCUT2D eigenvalue weighted by Gasteiger charge is 2.09. The molecule has 0 aliphatic rings. The highest BCUT2D eigenvalue weighted by molar-refractivity contribution is 7.08. The van der Waals surface area contributed by atoms with Gasteiger partial charge < -0.3 is 5.73 Å². The normalized spacial score (nSPS) is 12.6. The molecule has 0 spiro atoms. The van der Waals surface area contributed by atoms with E-state index in [0.717, 1.165) is 17.7 Å². The van der Waals surface area contributed by atoms with Crippen molar-refractivity contribution in [2.45, 2.75) is 19.4 Å². The van der Waals surface area contributed by atoms with Crippen LogP contribution in [0.4, 0.5) is 0 Å². The third-order valence-electron chi connectivity index (χ3n) is 2.64. The summed E-state index contributed by atoms with van der Waals surface area (Å²) in [5.41, 5.74) is 7.30. The van der Waals surface area contributed by atoms with Crippen molar-refractivity contribution < 1.29 is 0 Å². The van der Waals surface area contributed by atoms with Crippen molar-refractivity contribution in [3.05, 3.63) is 39.3 Å². The van der Waals surface area contributed by atoms with Crippen LogP contribution < -0.4 is 11.3 Å². The van der Waals surface area contributed by atoms with Crippen LogP contribution in [0.2, 0.25) is 0 Å². The summed E-state index contributed by atoms with van der Waals surface area (Å²) < 4.78 is 1.51. The second-order valence-electron chi connectivity index (χ2n) is 3.94. The molecule has 4 nitrogen and oxygen atoms in total. The van der Waals surface area contributed by atoms with Crippen LogP contribution in [-0.4, -0.2) is 16.3 Å². The Kier molecular flexibility index (Phi) is 3.71. The van der Waals surface area contributed by atoms with Crippen molar-refractivity contribution in [2.75, 3.05) is 6.54 Å². The molecule has 1 atom stereocenters. The van der Waals surface area contributed by atoms with Gasteiger partial charge in [-0.1, -0.05) is 0 Å². The predicted molar refractivity (Wildman–Crippen MR) is 70.2 cm³/mol. The van der Waals surface area contributed by atoms with Gasteiger partial charge in [-0.25, -0.2) is 4.68 Å². The van der Waals surface area contributed by atoms with E-state index >= 15 is 0 Å². The molecule has 0 saturated carbocycles. The Morgan fingerprint density at radius 1 is 1.47 bits per heavy atom. The number of thiophene rings is 1. The lowest BCUT2D eigenvalue weighted by Gasteiger charge is -2.13. The summed E-state index contributed by atoms with van der Waals surface area (Å²) in [6.07, 6.45) is 0.750. The van der Waals surface area contributed by atoms with Crippen molar-refractivity contribution in [3.63, 3.8) is 0 Å². The van der Waals surface area contributed by atoms with Crippen molar-refractivity contribution >= 4 is 11.3 Å². The van der Waals surface area contributed by atoms with E-state index in [-0.39, 0.29) is 11.6 Å². The van der Waals surface area contributed by atoms with Crippen molar-refractivity contribution in [1.82, 2.24) is 9.78 Å². The highest BCUT2D eigenvalue weighted by Crippen LogP contribution is 2.19. The number of hydrogen-bond donors (Lipinski definition) is 1. The Hall–Kier alpha value is -1.46. The Balaban J connectivity index is 2.39. The fourth-order valence-corrected chi connectivity index (χ4v) is 2.32. The molecular formula is C12H15N3OS. The topological polar surface area (TPSA) is 60.9 Å². The lowest BCUT2D eigenvalue weighted by atomic mass is 10.2. The van der Waals surface area contributed by atoms with Crippen LogP contribution in [0, 0.1) is 0 Å². The van der Waals surface area contributed by atoms with Crippen LogP contribution in [0.15, 0.2) is 33.8 Å². The van der Waals surface area contributed by atoms with Gasteiger partial charge in [-0.2, -0.15) is 16.4 Å². The van der Waals surface area contributed by atoms with Gasteiger partial charge in [0.25, 0.3) is 5.56 Å². The minimum atomic E-state index is -0.0788.